The summed E-state index contributed by atoms with van der Waals surface area (Å²) in [6, 6.07) is 10.2. The van der Waals surface area contributed by atoms with E-state index < -0.39 is 29.7 Å². The molecule has 1 heterocycles. The van der Waals surface area contributed by atoms with Crippen LogP contribution in [0, 0.1) is 25.6 Å². The number of carbonyl (C=O) groups excluding carboxylic acids is 2. The molecule has 1 amide bonds. The van der Waals surface area contributed by atoms with Crippen molar-refractivity contribution >= 4 is 11.9 Å². The van der Waals surface area contributed by atoms with Gasteiger partial charge in [-0.25, -0.2) is 4.39 Å². The molecule has 1 fully saturated rings. The monoisotopic (exact) mass is 409 g/mol. The number of rotatable bonds is 3. The van der Waals surface area contributed by atoms with Crippen LogP contribution in [0.2, 0.25) is 0 Å². The maximum Gasteiger partial charge on any atom is 1.00 e. The largest absolute Gasteiger partial charge is 1.00 e. The first-order chi connectivity index (χ1) is 12.8. The van der Waals surface area contributed by atoms with Crippen molar-refractivity contribution in [2.45, 2.75) is 26.4 Å². The first-order valence-electron chi connectivity index (χ1n) is 8.81. The molecule has 7 heteroatoms. The van der Waals surface area contributed by atoms with E-state index in [9.17, 15) is 24.2 Å². The number of amides is 1. The summed E-state index contributed by atoms with van der Waals surface area (Å²) in [5.41, 5.74) is 3.58. The fraction of sp³-hybridized carbons (Fsp3) is 0.333. The summed E-state index contributed by atoms with van der Waals surface area (Å²) in [4.78, 5) is 24.9. The van der Waals surface area contributed by atoms with Crippen LogP contribution in [0.25, 0.3) is 11.1 Å². The van der Waals surface area contributed by atoms with Gasteiger partial charge in [0, 0.05) is 25.0 Å². The van der Waals surface area contributed by atoms with Gasteiger partial charge in [0.2, 0.25) is 0 Å². The number of β-amino-alcohol motifs (C(OH)–C–C–N with tert-alkyl or cyclic N) is 1. The maximum atomic E-state index is 14.6. The number of carbonyl (C=O) groups is 2. The van der Waals surface area contributed by atoms with Crippen LogP contribution < -0.4 is 56.5 Å². The molecule has 0 aliphatic carbocycles. The number of carboxylic acids is 1. The molecule has 1 N–H and O–H groups in total. The van der Waals surface area contributed by atoms with Crippen molar-refractivity contribution in [1.29, 1.82) is 0 Å². The van der Waals surface area contributed by atoms with Gasteiger partial charge in [-0.05, 0) is 54.7 Å². The van der Waals surface area contributed by atoms with Gasteiger partial charge in [-0.1, -0.05) is 24.3 Å². The minimum Gasteiger partial charge on any atom is -0.550 e. The normalized spacial score (nSPS) is 19.1. The van der Waals surface area contributed by atoms with Gasteiger partial charge in [0.1, 0.15) is 5.82 Å². The molecular formula is C21H21FKNO4. The van der Waals surface area contributed by atoms with Crippen molar-refractivity contribution in [3.05, 3.63) is 58.9 Å². The number of aliphatic hydroxyl groups excluding tert-OH is 1. The van der Waals surface area contributed by atoms with Crippen LogP contribution >= 0.6 is 0 Å². The molecule has 142 valence electrons. The number of halogens is 1. The zero-order valence-corrected chi connectivity index (χ0v) is 19.4. The van der Waals surface area contributed by atoms with Crippen molar-refractivity contribution < 1.29 is 75.6 Å². The summed E-state index contributed by atoms with van der Waals surface area (Å²) in [7, 11) is 0. The van der Waals surface area contributed by atoms with Gasteiger partial charge in [-0.3, -0.25) is 4.79 Å². The van der Waals surface area contributed by atoms with E-state index in [-0.39, 0.29) is 76.5 Å². The summed E-state index contributed by atoms with van der Waals surface area (Å²) in [5.74, 6) is -3.60. The number of likely N-dealkylation sites (tertiary alicyclic amines) is 1. The Morgan fingerprint density at radius 3 is 2.32 bits per heavy atom. The van der Waals surface area contributed by atoms with Gasteiger partial charge in [-0.15, -0.1) is 0 Å². The van der Waals surface area contributed by atoms with Gasteiger partial charge in [0.05, 0.1) is 11.7 Å². The first-order valence-corrected chi connectivity index (χ1v) is 8.81. The number of aliphatic hydroxyl groups is 1. The second-order valence-electron chi connectivity index (χ2n) is 7.11. The fourth-order valence-electron chi connectivity index (χ4n) is 3.37. The fourth-order valence-corrected chi connectivity index (χ4v) is 3.37. The second-order valence-corrected chi connectivity index (χ2v) is 7.11. The number of benzene rings is 2. The van der Waals surface area contributed by atoms with Crippen LogP contribution in [-0.4, -0.2) is 41.1 Å². The number of nitrogens with zero attached hydrogens (tertiary/aromatic N) is 1. The van der Waals surface area contributed by atoms with E-state index >= 15 is 0 Å². The van der Waals surface area contributed by atoms with E-state index in [1.807, 2.05) is 32.0 Å². The number of aryl methyl sites for hydroxylation is 2. The van der Waals surface area contributed by atoms with E-state index in [1.165, 1.54) is 17.0 Å². The molecule has 0 saturated carbocycles. The molecule has 5 nitrogen and oxygen atoms in total. The van der Waals surface area contributed by atoms with Gasteiger partial charge in [0.25, 0.3) is 5.91 Å². The van der Waals surface area contributed by atoms with Crippen LogP contribution in [0.5, 0.6) is 0 Å². The van der Waals surface area contributed by atoms with Crippen LogP contribution in [0.1, 0.15) is 27.9 Å². The summed E-state index contributed by atoms with van der Waals surface area (Å²) in [5, 5.41) is 20.9. The van der Waals surface area contributed by atoms with Gasteiger partial charge < -0.3 is 19.9 Å². The van der Waals surface area contributed by atoms with E-state index in [1.54, 1.807) is 6.07 Å². The second kappa shape index (κ2) is 9.60. The van der Waals surface area contributed by atoms with Crippen molar-refractivity contribution in [2.75, 3.05) is 13.1 Å². The number of aliphatic carboxylic acids is 1. The summed E-state index contributed by atoms with van der Waals surface area (Å²) in [6.07, 6.45) is -0.941. The molecule has 0 radical (unpaired) electrons. The molecule has 2 aromatic rings. The zero-order valence-electron chi connectivity index (χ0n) is 16.2. The van der Waals surface area contributed by atoms with E-state index in [2.05, 4.69) is 0 Å². The topological polar surface area (TPSA) is 80.7 Å². The number of carboxylic acid groups (broad SMARTS) is 1. The molecule has 1 aliphatic heterocycles. The Balaban J connectivity index is 0.00000280. The van der Waals surface area contributed by atoms with E-state index in [4.69, 9.17) is 0 Å². The minimum absolute atomic E-state index is 0. The molecule has 1 aliphatic rings. The summed E-state index contributed by atoms with van der Waals surface area (Å²) < 4.78 is 14.6. The molecular weight excluding hydrogens is 388 g/mol. The average molecular weight is 409 g/mol. The van der Waals surface area contributed by atoms with Gasteiger partial charge in [-0.2, -0.15) is 0 Å². The number of hydrogen-bond acceptors (Lipinski definition) is 4. The molecule has 28 heavy (non-hydrogen) atoms. The molecule has 2 unspecified atom stereocenters. The first kappa shape index (κ1) is 23.2. The van der Waals surface area contributed by atoms with Crippen LogP contribution in [-0.2, 0) is 4.79 Å². The van der Waals surface area contributed by atoms with Crippen molar-refractivity contribution in [1.82, 2.24) is 4.90 Å². The molecule has 2 atom stereocenters. The standard InChI is InChI=1S/C21H22FNO4.K/c1-12-3-4-14(7-13(12)2)15-5-6-18(19(22)9-15)20(25)23-10-16(21(26)27)8-17(24)11-23;/h3-7,9,16-17,24H,8,10-11H2,1-2H3,(H,26,27);/q;+1/p-1. The maximum absolute atomic E-state index is 14.6. The minimum atomic E-state index is -1.32. The van der Waals surface area contributed by atoms with Crippen molar-refractivity contribution in [3.8, 4) is 11.1 Å². The Bertz CT molecular complexity index is 902. The van der Waals surface area contributed by atoms with Crippen molar-refractivity contribution in [2.24, 2.45) is 5.92 Å². The Labute approximate surface area is 206 Å². The number of piperidine rings is 1. The van der Waals surface area contributed by atoms with Crippen molar-refractivity contribution in [3.63, 3.8) is 0 Å². The van der Waals surface area contributed by atoms with Gasteiger partial charge in [0.15, 0.2) is 0 Å². The Morgan fingerprint density at radius 2 is 1.71 bits per heavy atom. The smallest absolute Gasteiger partial charge is 0.550 e. The Morgan fingerprint density at radius 1 is 1.07 bits per heavy atom. The zero-order chi connectivity index (χ0) is 19.7. The third-order valence-electron chi connectivity index (χ3n) is 5.09. The molecule has 0 bridgehead atoms. The van der Waals surface area contributed by atoms with E-state index in [0.717, 1.165) is 16.7 Å². The third kappa shape index (κ3) is 5.09. The van der Waals surface area contributed by atoms with Crippen LogP contribution in [0.15, 0.2) is 36.4 Å². The third-order valence-corrected chi connectivity index (χ3v) is 5.09. The predicted octanol–water partition coefficient (Wildman–Crippen LogP) is -1.31. The SMILES string of the molecule is Cc1ccc(-c2ccc(C(=O)N3CC(O)CC(C(=O)[O-])C3)c(F)c2)cc1C.[K+]. The molecule has 3 rings (SSSR count). The predicted molar refractivity (Wildman–Crippen MR) is 96.3 cm³/mol. The van der Waals surface area contributed by atoms with E-state index in [0.29, 0.717) is 5.56 Å². The average Bonchev–Trinajstić information content (AvgIpc) is 2.62. The molecule has 0 aromatic heterocycles. The quantitative estimate of drug-likeness (QED) is 0.638. The molecule has 1 saturated heterocycles. The van der Waals surface area contributed by atoms with Crippen LogP contribution in [0.4, 0.5) is 4.39 Å². The Hall–Kier alpha value is -1.09. The summed E-state index contributed by atoms with van der Waals surface area (Å²) >= 11 is 0. The van der Waals surface area contributed by atoms with Gasteiger partial charge >= 0.3 is 51.4 Å². The van der Waals surface area contributed by atoms with Crippen LogP contribution in [0.3, 0.4) is 0 Å². The molecule has 0 spiro atoms. The Kier molecular flexibility index (Phi) is 7.95. The summed E-state index contributed by atoms with van der Waals surface area (Å²) in [6.45, 7) is 3.84. The molecule has 2 aromatic carbocycles. The number of hydrogen-bond donors (Lipinski definition) is 1.